The first-order valence-corrected chi connectivity index (χ1v) is 8.30. The molecule has 0 aromatic carbocycles. The van der Waals surface area contributed by atoms with E-state index in [1.807, 2.05) is 13.8 Å². The van der Waals surface area contributed by atoms with E-state index in [2.05, 4.69) is 15.3 Å². The minimum absolute atomic E-state index is 0.0390. The van der Waals surface area contributed by atoms with Gasteiger partial charge in [-0.3, -0.25) is 0 Å². The number of hydrogen-bond acceptors (Lipinski definition) is 4. The van der Waals surface area contributed by atoms with Crippen molar-refractivity contribution in [3.8, 4) is 0 Å². The molecule has 0 saturated carbocycles. The summed E-state index contributed by atoms with van der Waals surface area (Å²) in [5.74, 6) is 0.705. The van der Waals surface area contributed by atoms with E-state index in [0.29, 0.717) is 18.8 Å². The second kappa shape index (κ2) is 6.02. The number of rotatable bonds is 5. The number of sulfonamides is 1. The molecule has 0 radical (unpaired) electrons. The third kappa shape index (κ3) is 2.98. The maximum Gasteiger partial charge on any atom is 0.260 e. The van der Waals surface area contributed by atoms with Gasteiger partial charge in [0.15, 0.2) is 5.03 Å². The van der Waals surface area contributed by atoms with Crippen molar-refractivity contribution in [1.82, 2.24) is 19.6 Å². The molecule has 0 aliphatic carbocycles. The number of hydrogen-bond donors (Lipinski definition) is 2. The van der Waals surface area contributed by atoms with Crippen LogP contribution in [0.1, 0.15) is 32.5 Å². The van der Waals surface area contributed by atoms with Crippen LogP contribution in [-0.2, 0) is 16.4 Å². The van der Waals surface area contributed by atoms with Crippen molar-refractivity contribution >= 4 is 10.0 Å². The van der Waals surface area contributed by atoms with Gasteiger partial charge in [-0.25, -0.2) is 13.4 Å². The van der Waals surface area contributed by atoms with E-state index in [-0.39, 0.29) is 11.1 Å². The lowest BCUT2D eigenvalue weighted by molar-refractivity contribution is 0.274. The number of nitrogens with one attached hydrogen (secondary N) is 2. The van der Waals surface area contributed by atoms with E-state index in [1.54, 1.807) is 4.31 Å². The fourth-order valence-corrected chi connectivity index (χ4v) is 4.08. The Balaban J connectivity index is 2.24. The van der Waals surface area contributed by atoms with Gasteiger partial charge in [0.1, 0.15) is 5.82 Å². The lowest BCUT2D eigenvalue weighted by atomic mass is 10.1. The molecular weight excluding hydrogens is 264 g/mol. The zero-order valence-corrected chi connectivity index (χ0v) is 12.3. The summed E-state index contributed by atoms with van der Waals surface area (Å²) in [7, 11) is -3.46. The van der Waals surface area contributed by atoms with Crippen molar-refractivity contribution < 1.29 is 8.42 Å². The second-order valence-electron chi connectivity index (χ2n) is 4.76. The van der Waals surface area contributed by atoms with Gasteiger partial charge in [-0.15, -0.1) is 0 Å². The predicted molar refractivity (Wildman–Crippen MR) is 73.4 cm³/mol. The zero-order valence-electron chi connectivity index (χ0n) is 11.5. The van der Waals surface area contributed by atoms with Crippen molar-refractivity contribution in [1.29, 1.82) is 0 Å². The Morgan fingerprint density at radius 1 is 1.47 bits per heavy atom. The quantitative estimate of drug-likeness (QED) is 0.836. The van der Waals surface area contributed by atoms with Crippen LogP contribution in [0.2, 0.25) is 0 Å². The second-order valence-corrected chi connectivity index (χ2v) is 6.62. The molecule has 6 nitrogen and oxygen atoms in total. The Kier molecular flexibility index (Phi) is 4.59. The highest BCUT2D eigenvalue weighted by atomic mass is 32.2. The predicted octanol–water partition coefficient (Wildman–Crippen LogP) is 0.735. The topological polar surface area (TPSA) is 78.1 Å². The summed E-state index contributed by atoms with van der Waals surface area (Å²) in [6.45, 7) is 6.00. The molecule has 1 atom stereocenters. The van der Waals surface area contributed by atoms with E-state index in [9.17, 15) is 8.42 Å². The van der Waals surface area contributed by atoms with Crippen LogP contribution in [0.4, 0.5) is 0 Å². The number of aryl methyl sites for hydroxylation is 1. The van der Waals surface area contributed by atoms with Crippen molar-refractivity contribution in [2.45, 2.75) is 44.2 Å². The summed E-state index contributed by atoms with van der Waals surface area (Å²) in [6.07, 6.45) is 4.05. The first-order valence-electron chi connectivity index (χ1n) is 6.86. The number of aromatic amines is 1. The molecule has 108 valence electrons. The van der Waals surface area contributed by atoms with E-state index < -0.39 is 10.0 Å². The fourth-order valence-electron chi connectivity index (χ4n) is 2.48. The maximum absolute atomic E-state index is 12.6. The smallest absolute Gasteiger partial charge is 0.260 e. The zero-order chi connectivity index (χ0) is 13.9. The van der Waals surface area contributed by atoms with Gasteiger partial charge in [0.25, 0.3) is 10.0 Å². The molecule has 2 heterocycles. The van der Waals surface area contributed by atoms with Crippen molar-refractivity contribution in [3.63, 3.8) is 0 Å². The molecule has 1 aromatic heterocycles. The maximum atomic E-state index is 12.6. The van der Waals surface area contributed by atoms with Crippen LogP contribution in [0, 0.1) is 0 Å². The molecule has 1 aliphatic heterocycles. The summed E-state index contributed by atoms with van der Waals surface area (Å²) in [5.41, 5.74) is 0. The van der Waals surface area contributed by atoms with Crippen molar-refractivity contribution in [2.75, 3.05) is 19.6 Å². The van der Waals surface area contributed by atoms with Crippen molar-refractivity contribution in [3.05, 3.63) is 12.0 Å². The normalized spacial score (nSPS) is 20.9. The third-order valence-corrected chi connectivity index (χ3v) is 5.45. The van der Waals surface area contributed by atoms with Gasteiger partial charge in [-0.05, 0) is 19.4 Å². The Bertz CT molecular complexity index is 506. The molecule has 7 heteroatoms. The van der Waals surface area contributed by atoms with E-state index in [1.165, 1.54) is 6.20 Å². The molecule has 1 aliphatic rings. The minimum atomic E-state index is -3.46. The molecule has 1 saturated heterocycles. The standard InChI is InChI=1S/C12H22N4O2S/c1-3-11-14-9-12(15-11)19(17,18)16(4-2)10-6-5-7-13-8-10/h9-10,13H,3-8H2,1-2H3,(H,14,15). The SMILES string of the molecule is CCc1ncc(S(=O)(=O)N(CC)C2CCCNC2)[nH]1. The average molecular weight is 286 g/mol. The molecule has 0 bridgehead atoms. The Morgan fingerprint density at radius 2 is 2.26 bits per heavy atom. The van der Waals surface area contributed by atoms with Crippen LogP contribution in [0.3, 0.4) is 0 Å². The fraction of sp³-hybridized carbons (Fsp3) is 0.750. The van der Waals surface area contributed by atoms with Crippen molar-refractivity contribution in [2.24, 2.45) is 0 Å². The minimum Gasteiger partial charge on any atom is -0.332 e. The highest BCUT2D eigenvalue weighted by Gasteiger charge is 2.32. The summed E-state index contributed by atoms with van der Waals surface area (Å²) in [4.78, 5) is 6.98. The molecule has 1 aromatic rings. The molecule has 2 N–H and O–H groups in total. The Hall–Kier alpha value is -0.920. The van der Waals surface area contributed by atoms with Crippen LogP contribution < -0.4 is 5.32 Å². The molecular formula is C12H22N4O2S. The van der Waals surface area contributed by atoms with Gasteiger partial charge in [0.2, 0.25) is 0 Å². The Labute approximate surface area is 114 Å². The molecule has 0 spiro atoms. The van der Waals surface area contributed by atoms with Gasteiger partial charge in [-0.2, -0.15) is 4.31 Å². The highest BCUT2D eigenvalue weighted by Crippen LogP contribution is 2.20. The van der Waals surface area contributed by atoms with E-state index in [4.69, 9.17) is 0 Å². The third-order valence-electron chi connectivity index (χ3n) is 3.52. The van der Waals surface area contributed by atoms with Crippen LogP contribution in [0.25, 0.3) is 0 Å². The number of likely N-dealkylation sites (N-methyl/N-ethyl adjacent to an activating group) is 1. The lowest BCUT2D eigenvalue weighted by Gasteiger charge is -2.32. The van der Waals surface area contributed by atoms with Crippen LogP contribution in [-0.4, -0.2) is 48.4 Å². The average Bonchev–Trinajstić information content (AvgIpc) is 2.90. The Morgan fingerprint density at radius 3 is 2.79 bits per heavy atom. The number of piperidine rings is 1. The van der Waals surface area contributed by atoms with Gasteiger partial charge in [0, 0.05) is 25.6 Å². The first-order chi connectivity index (χ1) is 9.09. The van der Waals surface area contributed by atoms with Gasteiger partial charge in [-0.1, -0.05) is 13.8 Å². The molecule has 0 amide bonds. The van der Waals surface area contributed by atoms with Crippen LogP contribution in [0.15, 0.2) is 11.2 Å². The summed E-state index contributed by atoms with van der Waals surface area (Å²) in [5, 5.41) is 3.46. The summed E-state index contributed by atoms with van der Waals surface area (Å²) >= 11 is 0. The number of H-pyrrole nitrogens is 1. The number of imidazole rings is 1. The lowest BCUT2D eigenvalue weighted by Crippen LogP contribution is -2.48. The molecule has 1 unspecified atom stereocenters. The molecule has 2 rings (SSSR count). The number of nitrogens with zero attached hydrogens (tertiary/aromatic N) is 2. The first kappa shape index (κ1) is 14.5. The van der Waals surface area contributed by atoms with E-state index in [0.717, 1.165) is 25.9 Å². The summed E-state index contributed by atoms with van der Waals surface area (Å²) < 4.78 is 26.8. The van der Waals surface area contributed by atoms with Gasteiger partial charge in [0.05, 0.1) is 6.20 Å². The van der Waals surface area contributed by atoms with Gasteiger partial charge < -0.3 is 10.3 Å². The van der Waals surface area contributed by atoms with E-state index >= 15 is 0 Å². The highest BCUT2D eigenvalue weighted by molar-refractivity contribution is 7.89. The monoisotopic (exact) mass is 286 g/mol. The largest absolute Gasteiger partial charge is 0.332 e. The summed E-state index contributed by atoms with van der Waals surface area (Å²) in [6, 6.07) is 0.0390. The van der Waals surface area contributed by atoms with Crippen LogP contribution >= 0.6 is 0 Å². The van der Waals surface area contributed by atoms with Gasteiger partial charge >= 0.3 is 0 Å². The molecule has 19 heavy (non-hydrogen) atoms. The number of aromatic nitrogens is 2. The molecule has 1 fully saturated rings. The van der Waals surface area contributed by atoms with Crippen LogP contribution in [0.5, 0.6) is 0 Å².